The molecule has 1 amide bonds. The van der Waals surface area contributed by atoms with Gasteiger partial charge in [0.25, 0.3) is 0 Å². The van der Waals surface area contributed by atoms with E-state index in [4.69, 9.17) is 0 Å². The maximum Gasteiger partial charge on any atom is 0.236 e. The van der Waals surface area contributed by atoms with Crippen LogP contribution < -0.4 is 5.43 Å². The van der Waals surface area contributed by atoms with Gasteiger partial charge in [0.05, 0.1) is 6.21 Å². The molecule has 1 heterocycles. The van der Waals surface area contributed by atoms with Gasteiger partial charge in [-0.3, -0.25) is 4.79 Å². The van der Waals surface area contributed by atoms with Gasteiger partial charge in [-0.2, -0.15) is 5.10 Å². The molecule has 0 aliphatic carbocycles. The zero-order valence-electron chi connectivity index (χ0n) is 11.7. The number of hydrogen-bond donors (Lipinski definition) is 2. The second kappa shape index (κ2) is 5.61. The van der Waals surface area contributed by atoms with Gasteiger partial charge in [0.15, 0.2) is 0 Å². The first-order valence-electron chi connectivity index (χ1n) is 6.27. The molecule has 1 aromatic carbocycles. The average molecular weight is 271 g/mol. The number of hydrogen-bond acceptors (Lipinski definition) is 3. The zero-order chi connectivity index (χ0) is 14.7. The van der Waals surface area contributed by atoms with E-state index in [1.807, 2.05) is 32.0 Å². The van der Waals surface area contributed by atoms with E-state index < -0.39 is 0 Å². The second-order valence-corrected chi connectivity index (χ2v) is 4.60. The van der Waals surface area contributed by atoms with Gasteiger partial charge < -0.3 is 9.67 Å². The molecule has 104 valence electrons. The van der Waals surface area contributed by atoms with Crippen molar-refractivity contribution < 1.29 is 9.90 Å². The van der Waals surface area contributed by atoms with Crippen LogP contribution in [0.4, 0.5) is 0 Å². The van der Waals surface area contributed by atoms with Crippen molar-refractivity contribution in [3.05, 3.63) is 47.3 Å². The summed E-state index contributed by atoms with van der Waals surface area (Å²) in [4.78, 5) is 10.8. The van der Waals surface area contributed by atoms with Crippen LogP contribution in [0.1, 0.15) is 23.9 Å². The fraction of sp³-hybridized carbons (Fsp3) is 0.200. The summed E-state index contributed by atoms with van der Waals surface area (Å²) >= 11 is 0. The number of rotatable bonds is 3. The van der Waals surface area contributed by atoms with Gasteiger partial charge in [-0.15, -0.1) is 0 Å². The molecule has 0 spiro atoms. The Morgan fingerprint density at radius 1 is 1.30 bits per heavy atom. The molecule has 0 atom stereocenters. The molecule has 0 aliphatic rings. The van der Waals surface area contributed by atoms with Crippen molar-refractivity contribution in [3.8, 4) is 11.4 Å². The third-order valence-corrected chi connectivity index (χ3v) is 3.00. The summed E-state index contributed by atoms with van der Waals surface area (Å²) in [6.45, 7) is 5.39. The third-order valence-electron chi connectivity index (χ3n) is 3.00. The lowest BCUT2D eigenvalue weighted by atomic mass is 10.2. The first-order chi connectivity index (χ1) is 9.49. The van der Waals surface area contributed by atoms with Crippen LogP contribution in [0.25, 0.3) is 5.69 Å². The highest BCUT2D eigenvalue weighted by atomic mass is 16.3. The highest BCUT2D eigenvalue weighted by Gasteiger charge is 2.09. The molecule has 20 heavy (non-hydrogen) atoms. The van der Waals surface area contributed by atoms with E-state index in [1.165, 1.54) is 6.92 Å². The normalized spacial score (nSPS) is 10.9. The van der Waals surface area contributed by atoms with Crippen LogP contribution in [0, 0.1) is 13.8 Å². The minimum Gasteiger partial charge on any atom is -0.508 e. The molecule has 5 heteroatoms. The van der Waals surface area contributed by atoms with Gasteiger partial charge in [0.2, 0.25) is 5.91 Å². The Kier molecular flexibility index (Phi) is 3.89. The molecule has 0 fully saturated rings. The van der Waals surface area contributed by atoms with Crippen LogP contribution in [0.2, 0.25) is 0 Å². The Hall–Kier alpha value is -2.56. The monoisotopic (exact) mass is 271 g/mol. The number of aromatic nitrogens is 1. The maximum atomic E-state index is 10.8. The number of aromatic hydroxyl groups is 1. The van der Waals surface area contributed by atoms with Crippen molar-refractivity contribution in [2.24, 2.45) is 5.10 Å². The molecule has 5 nitrogen and oxygen atoms in total. The first-order valence-corrected chi connectivity index (χ1v) is 6.27. The van der Waals surface area contributed by atoms with Crippen LogP contribution in [0.15, 0.2) is 35.4 Å². The van der Waals surface area contributed by atoms with Gasteiger partial charge in [-0.25, -0.2) is 5.43 Å². The molecular formula is C15H17N3O2. The summed E-state index contributed by atoms with van der Waals surface area (Å²) < 4.78 is 2.06. The Labute approximate surface area is 117 Å². The van der Waals surface area contributed by atoms with Gasteiger partial charge in [-0.05, 0) is 44.2 Å². The van der Waals surface area contributed by atoms with Crippen molar-refractivity contribution in [2.45, 2.75) is 20.8 Å². The van der Waals surface area contributed by atoms with E-state index in [0.29, 0.717) is 0 Å². The SMILES string of the molecule is CC(=O)NN=Cc1cc(C)n(-c2ccc(O)cc2)c1C. The van der Waals surface area contributed by atoms with Crippen LogP contribution in [0.3, 0.4) is 0 Å². The van der Waals surface area contributed by atoms with E-state index in [9.17, 15) is 9.90 Å². The zero-order valence-corrected chi connectivity index (χ0v) is 11.7. The number of aryl methyl sites for hydroxylation is 1. The Bertz CT molecular complexity index is 655. The quantitative estimate of drug-likeness (QED) is 0.664. The topological polar surface area (TPSA) is 66.6 Å². The highest BCUT2D eigenvalue weighted by molar-refractivity contribution is 5.83. The van der Waals surface area contributed by atoms with Crippen LogP contribution >= 0.6 is 0 Å². The largest absolute Gasteiger partial charge is 0.508 e. The summed E-state index contributed by atoms with van der Waals surface area (Å²) in [5.74, 6) is 0.0391. The average Bonchev–Trinajstić information content (AvgIpc) is 2.66. The number of hydrazone groups is 1. The van der Waals surface area contributed by atoms with Crippen molar-refractivity contribution in [2.75, 3.05) is 0 Å². The number of nitrogens with zero attached hydrogens (tertiary/aromatic N) is 2. The fourth-order valence-electron chi connectivity index (χ4n) is 2.11. The van der Waals surface area contributed by atoms with E-state index in [2.05, 4.69) is 15.1 Å². The lowest BCUT2D eigenvalue weighted by molar-refractivity contribution is -0.118. The molecule has 0 saturated heterocycles. The first kappa shape index (κ1) is 13.9. The van der Waals surface area contributed by atoms with Gasteiger partial charge >= 0.3 is 0 Å². The Balaban J connectivity index is 2.36. The van der Waals surface area contributed by atoms with Crippen molar-refractivity contribution in [1.29, 1.82) is 0 Å². The number of phenolic OH excluding ortho intramolecular Hbond substituents is 1. The molecule has 2 rings (SSSR count). The standard InChI is InChI=1S/C15H17N3O2/c1-10-8-13(9-16-17-12(3)19)11(2)18(10)14-4-6-15(20)7-5-14/h4-9,20H,1-3H3,(H,17,19). The summed E-state index contributed by atoms with van der Waals surface area (Å²) in [7, 11) is 0. The van der Waals surface area contributed by atoms with Crippen molar-refractivity contribution in [1.82, 2.24) is 9.99 Å². The maximum absolute atomic E-state index is 10.8. The number of phenols is 1. The molecule has 0 radical (unpaired) electrons. The minimum atomic E-state index is -0.200. The number of nitrogens with one attached hydrogen (secondary N) is 1. The summed E-state index contributed by atoms with van der Waals surface area (Å²) in [6.07, 6.45) is 1.63. The molecule has 0 bridgehead atoms. The van der Waals surface area contributed by atoms with Crippen LogP contribution in [0.5, 0.6) is 5.75 Å². The summed E-state index contributed by atoms with van der Waals surface area (Å²) in [6, 6.07) is 9.00. The number of amides is 1. The fourth-order valence-corrected chi connectivity index (χ4v) is 2.11. The third kappa shape index (κ3) is 2.88. The predicted molar refractivity (Wildman–Crippen MR) is 78.3 cm³/mol. The molecule has 0 saturated carbocycles. The summed E-state index contributed by atoms with van der Waals surface area (Å²) in [5.41, 5.74) is 6.36. The number of carbonyl (C=O) groups is 1. The highest BCUT2D eigenvalue weighted by Crippen LogP contribution is 2.21. The smallest absolute Gasteiger partial charge is 0.236 e. The Morgan fingerprint density at radius 2 is 1.95 bits per heavy atom. The van der Waals surface area contributed by atoms with E-state index >= 15 is 0 Å². The van der Waals surface area contributed by atoms with Crippen molar-refractivity contribution >= 4 is 12.1 Å². The molecule has 1 aromatic heterocycles. The second-order valence-electron chi connectivity index (χ2n) is 4.60. The lowest BCUT2D eigenvalue weighted by Crippen LogP contribution is -2.12. The predicted octanol–water partition coefficient (Wildman–Crippen LogP) is 2.27. The molecule has 0 aliphatic heterocycles. The molecule has 2 aromatic rings. The number of carbonyl (C=O) groups excluding carboxylic acids is 1. The van der Waals surface area contributed by atoms with Gasteiger partial charge in [-0.1, -0.05) is 0 Å². The van der Waals surface area contributed by atoms with E-state index in [1.54, 1.807) is 18.3 Å². The minimum absolute atomic E-state index is 0.200. The van der Waals surface area contributed by atoms with Crippen LogP contribution in [-0.4, -0.2) is 21.8 Å². The summed E-state index contributed by atoms with van der Waals surface area (Å²) in [5, 5.41) is 13.2. The molecule has 2 N–H and O–H groups in total. The van der Waals surface area contributed by atoms with Gasteiger partial charge in [0, 0.05) is 29.6 Å². The van der Waals surface area contributed by atoms with Crippen LogP contribution in [-0.2, 0) is 4.79 Å². The number of benzene rings is 1. The molecule has 0 unspecified atom stereocenters. The van der Waals surface area contributed by atoms with Crippen molar-refractivity contribution in [3.63, 3.8) is 0 Å². The van der Waals surface area contributed by atoms with Gasteiger partial charge in [0.1, 0.15) is 5.75 Å². The Morgan fingerprint density at radius 3 is 2.55 bits per heavy atom. The van der Waals surface area contributed by atoms with E-state index in [-0.39, 0.29) is 11.7 Å². The molecular weight excluding hydrogens is 254 g/mol. The van der Waals surface area contributed by atoms with E-state index in [0.717, 1.165) is 22.6 Å². The lowest BCUT2D eigenvalue weighted by Gasteiger charge is -2.09.